The van der Waals surface area contributed by atoms with Crippen molar-refractivity contribution in [2.24, 2.45) is 0 Å². The Morgan fingerprint density at radius 3 is 2.11 bits per heavy atom. The first-order valence-corrected chi connectivity index (χ1v) is 5.27. The molecule has 1 amide bonds. The van der Waals surface area contributed by atoms with Crippen molar-refractivity contribution in [3.05, 3.63) is 0 Å². The zero-order valence-corrected chi connectivity index (χ0v) is 9.16. The van der Waals surface area contributed by atoms with Gasteiger partial charge >= 0.3 is 18.3 Å². The van der Waals surface area contributed by atoms with Crippen LogP contribution < -0.4 is 10.6 Å². The molecule has 0 spiro atoms. The van der Waals surface area contributed by atoms with Gasteiger partial charge in [0.15, 0.2) is 0 Å². The predicted octanol–water partition coefficient (Wildman–Crippen LogP) is 1.74. The number of carbonyl (C=O) groups excluding carboxylic acids is 1. The van der Waals surface area contributed by atoms with Gasteiger partial charge in [-0.1, -0.05) is 0 Å². The second-order valence-electron chi connectivity index (χ2n) is 4.11. The molecule has 1 aliphatic rings. The molecule has 18 heavy (non-hydrogen) atoms. The van der Waals surface area contributed by atoms with Crippen molar-refractivity contribution < 1.29 is 31.1 Å². The molecule has 1 aliphatic carbocycles. The van der Waals surface area contributed by atoms with Gasteiger partial charge in [0.1, 0.15) is 0 Å². The van der Waals surface area contributed by atoms with Gasteiger partial charge in [0.25, 0.3) is 0 Å². The van der Waals surface area contributed by atoms with Gasteiger partial charge in [-0.25, -0.2) is 0 Å². The summed E-state index contributed by atoms with van der Waals surface area (Å²) in [4.78, 5) is 10.7. The molecule has 2 N–H and O–H groups in total. The highest BCUT2D eigenvalue weighted by Crippen LogP contribution is 2.23. The van der Waals surface area contributed by atoms with Gasteiger partial charge in [0, 0.05) is 12.1 Å². The zero-order valence-electron chi connectivity index (χ0n) is 9.16. The fourth-order valence-electron chi connectivity index (χ4n) is 1.87. The number of halogens is 6. The zero-order chi connectivity index (χ0) is 14.0. The Labute approximate surface area is 98.9 Å². The van der Waals surface area contributed by atoms with Crippen LogP contribution in [0.1, 0.15) is 19.3 Å². The summed E-state index contributed by atoms with van der Waals surface area (Å²) in [5.41, 5.74) is 0. The molecular formula is C9H12F6N2O. The van der Waals surface area contributed by atoms with Crippen molar-refractivity contribution in [3.63, 3.8) is 0 Å². The van der Waals surface area contributed by atoms with E-state index in [9.17, 15) is 31.1 Å². The van der Waals surface area contributed by atoms with Gasteiger partial charge in [0.2, 0.25) is 0 Å². The van der Waals surface area contributed by atoms with Gasteiger partial charge < -0.3 is 10.6 Å². The number of nitrogens with one attached hydrogen (secondary N) is 2. The van der Waals surface area contributed by atoms with Crippen LogP contribution in [0.3, 0.4) is 0 Å². The summed E-state index contributed by atoms with van der Waals surface area (Å²) < 4.78 is 71.9. The van der Waals surface area contributed by atoms with E-state index in [0.717, 1.165) is 0 Å². The molecule has 0 radical (unpaired) electrons. The summed E-state index contributed by atoms with van der Waals surface area (Å²) in [6.45, 7) is -1.28. The highest BCUT2D eigenvalue weighted by atomic mass is 19.4. The summed E-state index contributed by atoms with van der Waals surface area (Å²) in [5, 5.41) is 3.83. The van der Waals surface area contributed by atoms with Crippen LogP contribution in [0.5, 0.6) is 0 Å². The molecule has 0 aromatic heterocycles. The molecule has 2 atom stereocenters. The van der Waals surface area contributed by atoms with Gasteiger partial charge in [0.05, 0.1) is 6.54 Å². The number of carbonyl (C=O) groups is 1. The van der Waals surface area contributed by atoms with E-state index in [2.05, 4.69) is 5.32 Å². The van der Waals surface area contributed by atoms with E-state index >= 15 is 0 Å². The third-order valence-corrected chi connectivity index (χ3v) is 2.65. The van der Waals surface area contributed by atoms with E-state index in [1.807, 2.05) is 0 Å². The van der Waals surface area contributed by atoms with E-state index < -0.39 is 36.9 Å². The molecular weight excluding hydrogens is 266 g/mol. The Morgan fingerprint density at radius 2 is 1.61 bits per heavy atom. The maximum Gasteiger partial charge on any atom is 0.471 e. The standard InChI is InChI=1S/C9H12F6N2O/c10-8(11,12)4-16-5-2-1-3-6(5)17-7(18)9(13,14)15/h5-6,16H,1-4H2,(H,17,18). The van der Waals surface area contributed by atoms with E-state index in [1.165, 1.54) is 0 Å². The third kappa shape index (κ3) is 4.71. The normalized spacial score (nSPS) is 25.2. The molecule has 0 aliphatic heterocycles. The molecule has 0 bridgehead atoms. The summed E-state index contributed by atoms with van der Waals surface area (Å²) in [7, 11) is 0. The summed E-state index contributed by atoms with van der Waals surface area (Å²) >= 11 is 0. The molecule has 1 fully saturated rings. The summed E-state index contributed by atoms with van der Waals surface area (Å²) in [6, 6.07) is -1.70. The van der Waals surface area contributed by atoms with Crippen LogP contribution in [0, 0.1) is 0 Å². The Balaban J connectivity index is 2.48. The van der Waals surface area contributed by atoms with Crippen molar-refractivity contribution in [1.82, 2.24) is 10.6 Å². The van der Waals surface area contributed by atoms with Crippen LogP contribution in [0.2, 0.25) is 0 Å². The van der Waals surface area contributed by atoms with Gasteiger partial charge in [-0.15, -0.1) is 0 Å². The van der Waals surface area contributed by atoms with Crippen LogP contribution in [0.15, 0.2) is 0 Å². The Morgan fingerprint density at radius 1 is 1.06 bits per heavy atom. The lowest BCUT2D eigenvalue weighted by Crippen LogP contribution is -2.51. The van der Waals surface area contributed by atoms with Crippen molar-refractivity contribution in [3.8, 4) is 0 Å². The second kappa shape index (κ2) is 5.33. The molecule has 0 saturated heterocycles. The first-order valence-electron chi connectivity index (χ1n) is 5.27. The number of rotatable bonds is 3. The average molecular weight is 278 g/mol. The minimum Gasteiger partial charge on any atom is -0.344 e. The summed E-state index contributed by atoms with van der Waals surface area (Å²) in [5.74, 6) is -2.12. The Bertz CT molecular complexity index is 300. The van der Waals surface area contributed by atoms with Crippen LogP contribution in [-0.2, 0) is 4.79 Å². The topological polar surface area (TPSA) is 41.1 Å². The highest BCUT2D eigenvalue weighted by molar-refractivity contribution is 5.82. The van der Waals surface area contributed by atoms with E-state index in [0.29, 0.717) is 12.8 Å². The summed E-state index contributed by atoms with van der Waals surface area (Å²) in [6.07, 6.45) is -8.44. The lowest BCUT2D eigenvalue weighted by atomic mass is 10.1. The highest BCUT2D eigenvalue weighted by Gasteiger charge is 2.42. The number of alkyl halides is 6. The molecule has 2 unspecified atom stereocenters. The maximum absolute atomic E-state index is 12.0. The fourth-order valence-corrected chi connectivity index (χ4v) is 1.87. The molecule has 0 aromatic carbocycles. The fraction of sp³-hybridized carbons (Fsp3) is 0.889. The van der Waals surface area contributed by atoms with Crippen molar-refractivity contribution in [1.29, 1.82) is 0 Å². The number of hydrogen-bond acceptors (Lipinski definition) is 2. The van der Waals surface area contributed by atoms with Crippen molar-refractivity contribution in [2.45, 2.75) is 43.7 Å². The van der Waals surface area contributed by atoms with Crippen LogP contribution >= 0.6 is 0 Å². The predicted molar refractivity (Wildman–Crippen MR) is 49.7 cm³/mol. The quantitative estimate of drug-likeness (QED) is 0.772. The van der Waals surface area contributed by atoms with E-state index in [1.54, 1.807) is 5.32 Å². The van der Waals surface area contributed by atoms with Crippen LogP contribution in [0.4, 0.5) is 26.3 Å². The average Bonchev–Trinajstić information content (AvgIpc) is 2.59. The van der Waals surface area contributed by atoms with Gasteiger partial charge in [-0.2, -0.15) is 26.3 Å². The maximum atomic E-state index is 12.0. The molecule has 1 rings (SSSR count). The first kappa shape index (κ1) is 15.1. The lowest BCUT2D eigenvalue weighted by molar-refractivity contribution is -0.174. The van der Waals surface area contributed by atoms with E-state index in [-0.39, 0.29) is 6.42 Å². The number of amides is 1. The SMILES string of the molecule is O=C(NC1CCCC1NCC(F)(F)F)C(F)(F)F. The van der Waals surface area contributed by atoms with Crippen LogP contribution in [0.25, 0.3) is 0 Å². The Hall–Kier alpha value is -0.990. The Kier molecular flexibility index (Phi) is 4.46. The minimum absolute atomic E-state index is 0.233. The van der Waals surface area contributed by atoms with Gasteiger partial charge in [-0.05, 0) is 19.3 Å². The van der Waals surface area contributed by atoms with Gasteiger partial charge in [-0.3, -0.25) is 4.79 Å². The van der Waals surface area contributed by atoms with Crippen molar-refractivity contribution >= 4 is 5.91 Å². The molecule has 3 nitrogen and oxygen atoms in total. The molecule has 106 valence electrons. The van der Waals surface area contributed by atoms with E-state index in [4.69, 9.17) is 0 Å². The molecule has 9 heteroatoms. The largest absolute Gasteiger partial charge is 0.471 e. The first-order chi connectivity index (χ1) is 8.09. The minimum atomic E-state index is -5.02. The van der Waals surface area contributed by atoms with Crippen LogP contribution in [-0.4, -0.2) is 36.9 Å². The smallest absolute Gasteiger partial charge is 0.344 e. The lowest BCUT2D eigenvalue weighted by Gasteiger charge is -2.23. The van der Waals surface area contributed by atoms with Crippen molar-refractivity contribution in [2.75, 3.05) is 6.54 Å². The number of hydrogen-bond donors (Lipinski definition) is 2. The molecule has 1 saturated carbocycles. The monoisotopic (exact) mass is 278 g/mol. The second-order valence-corrected chi connectivity index (χ2v) is 4.11. The molecule has 0 heterocycles. The third-order valence-electron chi connectivity index (χ3n) is 2.65. The molecule has 0 aromatic rings.